The summed E-state index contributed by atoms with van der Waals surface area (Å²) in [4.78, 5) is 14.7. The molecular formula is C9H12N3O2. The number of hydrogen-bond donors (Lipinski definition) is 1. The molecule has 2 heterocycles. The van der Waals surface area contributed by atoms with Crippen molar-refractivity contribution in [3.63, 3.8) is 0 Å². The summed E-state index contributed by atoms with van der Waals surface area (Å²) in [5.41, 5.74) is 5.26. The van der Waals surface area contributed by atoms with Crippen LogP contribution in [0, 0.1) is 11.6 Å². The van der Waals surface area contributed by atoms with Crippen molar-refractivity contribution >= 4 is 5.91 Å². The van der Waals surface area contributed by atoms with Gasteiger partial charge < -0.3 is 15.0 Å². The molecule has 1 aliphatic rings. The molecule has 5 heteroatoms. The maximum atomic E-state index is 11.0. The number of carbonyl (C=O) groups excluding carboxylic acids is 1. The van der Waals surface area contributed by atoms with Gasteiger partial charge in [0.1, 0.15) is 6.20 Å². The third-order valence-corrected chi connectivity index (χ3v) is 2.33. The Bertz CT molecular complexity index is 355. The van der Waals surface area contributed by atoms with Crippen LogP contribution in [0.5, 0.6) is 0 Å². The first kappa shape index (κ1) is 9.21. The highest BCUT2D eigenvalue weighted by Crippen LogP contribution is 2.28. The maximum Gasteiger partial charge on any atom is 0.284 e. The molecule has 0 atom stereocenters. The van der Waals surface area contributed by atoms with Crippen LogP contribution in [-0.2, 0) is 11.3 Å². The summed E-state index contributed by atoms with van der Waals surface area (Å²) in [5.74, 6) is -0.256. The molecule has 1 aliphatic heterocycles. The smallest absolute Gasteiger partial charge is 0.284 e. The summed E-state index contributed by atoms with van der Waals surface area (Å²) in [6, 6.07) is 0. The summed E-state index contributed by atoms with van der Waals surface area (Å²) in [6.07, 6.45) is 4.26. The fourth-order valence-electron chi connectivity index (χ4n) is 1.56. The molecule has 0 unspecified atom stereocenters. The van der Waals surface area contributed by atoms with Crippen molar-refractivity contribution in [2.24, 2.45) is 11.1 Å². The molecule has 1 radical (unpaired) electrons. The molecule has 1 saturated heterocycles. The van der Waals surface area contributed by atoms with E-state index in [1.54, 1.807) is 10.8 Å². The van der Waals surface area contributed by atoms with E-state index in [2.05, 4.69) is 18.1 Å². The summed E-state index contributed by atoms with van der Waals surface area (Å²) in [7, 11) is 0. The Morgan fingerprint density at radius 1 is 1.86 bits per heavy atom. The van der Waals surface area contributed by atoms with E-state index >= 15 is 0 Å². The lowest BCUT2D eigenvalue weighted by Gasteiger charge is -2.38. The summed E-state index contributed by atoms with van der Waals surface area (Å²) < 4.78 is 6.85. The molecule has 0 bridgehead atoms. The van der Waals surface area contributed by atoms with Gasteiger partial charge in [0.15, 0.2) is 5.82 Å². The lowest BCUT2D eigenvalue weighted by Crippen LogP contribution is -2.43. The van der Waals surface area contributed by atoms with Crippen molar-refractivity contribution in [3.8, 4) is 0 Å². The quantitative estimate of drug-likeness (QED) is 0.725. The Hall–Kier alpha value is -1.36. The number of carbonyl (C=O) groups is 1. The standard InChI is InChI=1S/C9H12N3O2/c1-9(5-14-6-9)4-12-3-2-11-8(12)7(10)13/h3H,4-6H2,1H3,(H2,10,13). The Morgan fingerprint density at radius 3 is 3.07 bits per heavy atom. The first-order valence-electron chi connectivity index (χ1n) is 4.41. The van der Waals surface area contributed by atoms with Gasteiger partial charge in [-0.05, 0) is 0 Å². The predicted molar refractivity (Wildman–Crippen MR) is 48.5 cm³/mol. The number of primary amides is 1. The molecule has 0 aromatic carbocycles. The van der Waals surface area contributed by atoms with Crippen LogP contribution in [0.25, 0.3) is 0 Å². The molecule has 0 aliphatic carbocycles. The van der Waals surface area contributed by atoms with Gasteiger partial charge in [0.2, 0.25) is 0 Å². The first-order valence-corrected chi connectivity index (χ1v) is 4.41. The minimum atomic E-state index is -0.518. The average molecular weight is 194 g/mol. The van der Waals surface area contributed by atoms with E-state index in [9.17, 15) is 4.79 Å². The molecule has 1 aromatic heterocycles. The molecule has 1 aromatic rings. The minimum absolute atomic E-state index is 0.0960. The Balaban J connectivity index is 2.16. The van der Waals surface area contributed by atoms with Crippen LogP contribution < -0.4 is 5.73 Å². The molecule has 14 heavy (non-hydrogen) atoms. The molecule has 0 spiro atoms. The fourth-order valence-corrected chi connectivity index (χ4v) is 1.56. The van der Waals surface area contributed by atoms with E-state index in [0.29, 0.717) is 19.8 Å². The normalized spacial score (nSPS) is 18.9. The van der Waals surface area contributed by atoms with Gasteiger partial charge in [0.25, 0.3) is 5.91 Å². The third-order valence-electron chi connectivity index (χ3n) is 2.33. The van der Waals surface area contributed by atoms with Crippen LogP contribution in [0.2, 0.25) is 0 Å². The lowest BCUT2D eigenvalue weighted by molar-refractivity contribution is -0.110. The van der Waals surface area contributed by atoms with Crippen molar-refractivity contribution in [2.45, 2.75) is 13.5 Å². The van der Waals surface area contributed by atoms with Gasteiger partial charge in [0, 0.05) is 18.2 Å². The average Bonchev–Trinajstić information content (AvgIpc) is 2.49. The molecule has 75 valence electrons. The van der Waals surface area contributed by atoms with Crippen molar-refractivity contribution < 1.29 is 9.53 Å². The van der Waals surface area contributed by atoms with Crippen molar-refractivity contribution in [1.29, 1.82) is 0 Å². The minimum Gasteiger partial charge on any atom is -0.380 e. The summed E-state index contributed by atoms with van der Waals surface area (Å²) in [6.45, 7) is 4.22. The summed E-state index contributed by atoms with van der Waals surface area (Å²) >= 11 is 0. The maximum absolute atomic E-state index is 11.0. The first-order chi connectivity index (χ1) is 6.61. The van der Waals surface area contributed by atoms with Crippen LogP contribution in [-0.4, -0.2) is 28.7 Å². The lowest BCUT2D eigenvalue weighted by atomic mass is 9.88. The van der Waals surface area contributed by atoms with Crippen LogP contribution in [0.1, 0.15) is 17.5 Å². The zero-order chi connectivity index (χ0) is 10.2. The predicted octanol–water partition coefficient (Wildman–Crippen LogP) is -0.181. The number of amides is 1. The van der Waals surface area contributed by atoms with E-state index in [0.717, 1.165) is 0 Å². The number of hydrogen-bond acceptors (Lipinski definition) is 3. The van der Waals surface area contributed by atoms with Gasteiger partial charge >= 0.3 is 0 Å². The Labute approximate surface area is 81.9 Å². The zero-order valence-corrected chi connectivity index (χ0v) is 7.99. The van der Waals surface area contributed by atoms with Gasteiger partial charge in [0.05, 0.1) is 13.2 Å². The van der Waals surface area contributed by atoms with Crippen LogP contribution in [0.4, 0.5) is 0 Å². The van der Waals surface area contributed by atoms with Crippen LogP contribution in [0.15, 0.2) is 6.20 Å². The number of imidazole rings is 1. The number of nitrogens with zero attached hydrogens (tertiary/aromatic N) is 2. The topological polar surface area (TPSA) is 70.1 Å². The van der Waals surface area contributed by atoms with Gasteiger partial charge in [-0.25, -0.2) is 4.98 Å². The highest BCUT2D eigenvalue weighted by molar-refractivity contribution is 5.89. The molecule has 2 rings (SSSR count). The van der Waals surface area contributed by atoms with E-state index in [1.165, 1.54) is 0 Å². The largest absolute Gasteiger partial charge is 0.380 e. The summed E-state index contributed by atoms with van der Waals surface area (Å²) in [5, 5.41) is 0. The molecule has 2 N–H and O–H groups in total. The van der Waals surface area contributed by atoms with Crippen molar-refractivity contribution in [3.05, 3.63) is 18.2 Å². The van der Waals surface area contributed by atoms with Crippen LogP contribution >= 0.6 is 0 Å². The highest BCUT2D eigenvalue weighted by atomic mass is 16.5. The molecule has 1 fully saturated rings. The number of aromatic nitrogens is 2. The van der Waals surface area contributed by atoms with Crippen molar-refractivity contribution in [1.82, 2.24) is 9.55 Å². The van der Waals surface area contributed by atoms with E-state index < -0.39 is 5.91 Å². The molecule has 5 nitrogen and oxygen atoms in total. The van der Waals surface area contributed by atoms with Gasteiger partial charge in [-0.3, -0.25) is 4.79 Å². The van der Waals surface area contributed by atoms with E-state index in [-0.39, 0.29) is 11.2 Å². The second-order valence-corrected chi connectivity index (χ2v) is 3.99. The SMILES string of the molecule is CC1(Cn2c[c]nc2C(N)=O)COC1. The number of nitrogens with two attached hydrogens (primary N) is 1. The zero-order valence-electron chi connectivity index (χ0n) is 7.99. The number of ether oxygens (including phenoxy) is 1. The third kappa shape index (κ3) is 1.50. The van der Waals surface area contributed by atoms with E-state index in [1.807, 2.05) is 0 Å². The fraction of sp³-hybridized carbons (Fsp3) is 0.556. The molecular weight excluding hydrogens is 182 g/mol. The second-order valence-electron chi connectivity index (χ2n) is 3.99. The van der Waals surface area contributed by atoms with Gasteiger partial charge in [-0.1, -0.05) is 6.92 Å². The van der Waals surface area contributed by atoms with Gasteiger partial charge in [-0.2, -0.15) is 0 Å². The highest BCUT2D eigenvalue weighted by Gasteiger charge is 2.34. The molecule has 0 saturated carbocycles. The van der Waals surface area contributed by atoms with Crippen molar-refractivity contribution in [2.75, 3.05) is 13.2 Å². The van der Waals surface area contributed by atoms with Gasteiger partial charge in [-0.15, -0.1) is 0 Å². The van der Waals surface area contributed by atoms with Crippen LogP contribution in [0.3, 0.4) is 0 Å². The second kappa shape index (κ2) is 3.09. The Morgan fingerprint density at radius 2 is 2.57 bits per heavy atom. The number of rotatable bonds is 3. The monoisotopic (exact) mass is 194 g/mol. The Kier molecular flexibility index (Phi) is 2.03. The molecule has 1 amide bonds. The van der Waals surface area contributed by atoms with E-state index in [4.69, 9.17) is 10.5 Å².